The van der Waals surface area contributed by atoms with Crippen molar-refractivity contribution < 1.29 is 18.7 Å². The molecule has 2 aliphatic rings. The maximum Gasteiger partial charge on any atom is 0.257 e. The van der Waals surface area contributed by atoms with E-state index in [9.17, 15) is 18.7 Å². The predicted octanol–water partition coefficient (Wildman–Crippen LogP) is 4.09. The zero-order valence-electron chi connectivity index (χ0n) is 17.6. The van der Waals surface area contributed by atoms with E-state index in [1.165, 1.54) is 5.56 Å². The summed E-state index contributed by atoms with van der Waals surface area (Å²) in [5.41, 5.74) is -0.301. The highest BCUT2D eigenvalue weighted by Crippen LogP contribution is 2.47. The summed E-state index contributed by atoms with van der Waals surface area (Å²) in [6.45, 7) is 2.54. The van der Waals surface area contributed by atoms with E-state index in [1.54, 1.807) is 30.3 Å². The molecule has 31 heavy (non-hydrogen) atoms. The molecule has 0 aromatic heterocycles. The van der Waals surface area contributed by atoms with Crippen molar-refractivity contribution in [3.05, 3.63) is 71.8 Å². The normalized spacial score (nSPS) is 23.9. The molecule has 1 aliphatic heterocycles. The second kappa shape index (κ2) is 9.05. The Morgan fingerprint density at radius 1 is 1.03 bits per heavy atom. The third-order valence-corrected chi connectivity index (χ3v) is 6.73. The summed E-state index contributed by atoms with van der Waals surface area (Å²) in [5.74, 6) is -4.19. The highest BCUT2D eigenvalue weighted by Gasteiger charge is 2.53. The average molecular weight is 429 g/mol. The van der Waals surface area contributed by atoms with Crippen molar-refractivity contribution in [2.45, 2.75) is 56.2 Å². The van der Waals surface area contributed by atoms with E-state index in [0.29, 0.717) is 5.56 Å². The monoisotopic (exact) mass is 428 g/mol. The van der Waals surface area contributed by atoms with Crippen LogP contribution in [0.25, 0.3) is 0 Å². The Labute approximate surface area is 182 Å². The Hall–Kier alpha value is -2.31. The number of hydrogen-bond donors (Lipinski definition) is 2. The van der Waals surface area contributed by atoms with Crippen LogP contribution in [0.3, 0.4) is 0 Å². The van der Waals surface area contributed by atoms with Gasteiger partial charge in [-0.25, -0.2) is 8.78 Å². The fourth-order valence-electron chi connectivity index (χ4n) is 4.92. The molecule has 1 heterocycles. The first-order valence-corrected chi connectivity index (χ1v) is 11.1. The number of rotatable bonds is 6. The number of likely N-dealkylation sites (tertiary alicyclic amines) is 1. The number of halogens is 2. The second-order valence-corrected chi connectivity index (χ2v) is 8.94. The summed E-state index contributed by atoms with van der Waals surface area (Å²) >= 11 is 0. The first-order chi connectivity index (χ1) is 14.9. The number of carbonyl (C=O) groups excluding carboxylic acids is 1. The lowest BCUT2D eigenvalue weighted by Crippen LogP contribution is -2.54. The van der Waals surface area contributed by atoms with Gasteiger partial charge in [-0.1, -0.05) is 60.7 Å². The lowest BCUT2D eigenvalue weighted by atomic mass is 9.79. The zero-order valence-corrected chi connectivity index (χ0v) is 17.6. The standard InChI is InChI=1S/C25H30F2N2O2/c26-24(27)14-11-21(17-24)25(31,20-9-5-2-6-10-20)23(30)28-22-12-15-29(16-13-22)18-19-7-3-1-4-8-19/h1-10,21-22,31H,11-18H2,(H,28,30)/t21?,25-/m0/s1. The van der Waals surface area contributed by atoms with Crippen LogP contribution in [0.2, 0.25) is 0 Å². The van der Waals surface area contributed by atoms with Gasteiger partial charge in [0, 0.05) is 44.4 Å². The van der Waals surface area contributed by atoms with Gasteiger partial charge in [0.2, 0.25) is 5.92 Å². The van der Waals surface area contributed by atoms with Gasteiger partial charge in [-0.3, -0.25) is 9.69 Å². The smallest absolute Gasteiger partial charge is 0.257 e. The van der Waals surface area contributed by atoms with Crippen molar-refractivity contribution in [3.63, 3.8) is 0 Å². The molecule has 0 spiro atoms. The minimum atomic E-state index is -2.84. The third kappa shape index (κ3) is 4.96. The van der Waals surface area contributed by atoms with Crippen LogP contribution in [0.1, 0.15) is 43.2 Å². The van der Waals surface area contributed by atoms with Crippen LogP contribution in [0.5, 0.6) is 0 Å². The number of aliphatic hydroxyl groups is 1. The van der Waals surface area contributed by atoms with Crippen LogP contribution < -0.4 is 5.32 Å². The molecule has 1 saturated heterocycles. The van der Waals surface area contributed by atoms with E-state index in [0.717, 1.165) is 32.5 Å². The van der Waals surface area contributed by atoms with E-state index >= 15 is 0 Å². The van der Waals surface area contributed by atoms with E-state index in [-0.39, 0.29) is 18.9 Å². The molecule has 4 rings (SSSR count). The van der Waals surface area contributed by atoms with E-state index in [4.69, 9.17) is 0 Å². The first-order valence-electron chi connectivity index (χ1n) is 11.1. The Morgan fingerprint density at radius 2 is 1.65 bits per heavy atom. The molecule has 2 aromatic rings. The summed E-state index contributed by atoms with van der Waals surface area (Å²) in [5, 5.41) is 14.5. The van der Waals surface area contributed by atoms with Crippen molar-refractivity contribution >= 4 is 5.91 Å². The molecule has 1 amide bonds. The Bertz CT molecular complexity index is 870. The zero-order chi connectivity index (χ0) is 21.9. The number of benzene rings is 2. The molecular formula is C25H30F2N2O2. The fraction of sp³-hybridized carbons (Fsp3) is 0.480. The number of piperidine rings is 1. The van der Waals surface area contributed by atoms with Crippen LogP contribution in [0, 0.1) is 5.92 Å². The van der Waals surface area contributed by atoms with Crippen molar-refractivity contribution in [3.8, 4) is 0 Å². The maximum atomic E-state index is 13.9. The largest absolute Gasteiger partial charge is 0.375 e. The number of nitrogens with one attached hydrogen (secondary N) is 1. The van der Waals surface area contributed by atoms with Crippen molar-refractivity contribution in [2.24, 2.45) is 5.92 Å². The molecule has 6 heteroatoms. The summed E-state index contributed by atoms with van der Waals surface area (Å²) in [6.07, 6.45) is 0.898. The van der Waals surface area contributed by atoms with Gasteiger partial charge in [0.15, 0.2) is 5.60 Å². The van der Waals surface area contributed by atoms with Gasteiger partial charge in [-0.2, -0.15) is 0 Å². The molecular weight excluding hydrogens is 398 g/mol. The molecule has 2 N–H and O–H groups in total. The van der Waals surface area contributed by atoms with Gasteiger partial charge < -0.3 is 10.4 Å². The summed E-state index contributed by atoms with van der Waals surface area (Å²) in [4.78, 5) is 15.6. The quantitative estimate of drug-likeness (QED) is 0.729. The SMILES string of the molecule is O=C(NC1CCN(Cc2ccccc2)CC1)[C@](O)(c1ccccc1)C1CCC(F)(F)C1. The first kappa shape index (κ1) is 21.9. The molecule has 1 saturated carbocycles. The molecule has 2 atom stereocenters. The summed E-state index contributed by atoms with van der Waals surface area (Å²) in [7, 11) is 0. The highest BCUT2D eigenvalue weighted by molar-refractivity contribution is 5.87. The average Bonchev–Trinajstić information content (AvgIpc) is 3.16. The van der Waals surface area contributed by atoms with E-state index in [2.05, 4.69) is 22.3 Å². The Morgan fingerprint density at radius 3 is 2.23 bits per heavy atom. The number of carbonyl (C=O) groups is 1. The molecule has 1 unspecified atom stereocenters. The molecule has 4 nitrogen and oxygen atoms in total. The lowest BCUT2D eigenvalue weighted by molar-refractivity contribution is -0.149. The topological polar surface area (TPSA) is 52.6 Å². The van der Waals surface area contributed by atoms with Gasteiger partial charge in [-0.15, -0.1) is 0 Å². The van der Waals surface area contributed by atoms with Crippen LogP contribution >= 0.6 is 0 Å². The van der Waals surface area contributed by atoms with Gasteiger partial charge in [-0.05, 0) is 30.4 Å². The molecule has 0 radical (unpaired) electrons. The highest BCUT2D eigenvalue weighted by atomic mass is 19.3. The van der Waals surface area contributed by atoms with Gasteiger partial charge in [0.05, 0.1) is 0 Å². The van der Waals surface area contributed by atoms with Gasteiger partial charge in [0.1, 0.15) is 0 Å². The summed E-state index contributed by atoms with van der Waals surface area (Å²) < 4.78 is 27.9. The number of amides is 1. The minimum absolute atomic E-state index is 0.0725. The van der Waals surface area contributed by atoms with Crippen molar-refractivity contribution in [1.82, 2.24) is 10.2 Å². The number of alkyl halides is 2. The van der Waals surface area contributed by atoms with E-state index < -0.39 is 29.8 Å². The molecule has 1 aliphatic carbocycles. The summed E-state index contributed by atoms with van der Waals surface area (Å²) in [6, 6.07) is 18.7. The van der Waals surface area contributed by atoms with Crippen LogP contribution in [-0.4, -0.2) is 41.0 Å². The van der Waals surface area contributed by atoms with Crippen molar-refractivity contribution in [2.75, 3.05) is 13.1 Å². The minimum Gasteiger partial charge on any atom is -0.375 e. The molecule has 2 aromatic carbocycles. The third-order valence-electron chi connectivity index (χ3n) is 6.73. The Kier molecular flexibility index (Phi) is 6.39. The van der Waals surface area contributed by atoms with Gasteiger partial charge in [0.25, 0.3) is 5.91 Å². The lowest BCUT2D eigenvalue weighted by Gasteiger charge is -2.37. The maximum absolute atomic E-state index is 13.9. The second-order valence-electron chi connectivity index (χ2n) is 8.94. The molecule has 0 bridgehead atoms. The number of hydrogen-bond acceptors (Lipinski definition) is 3. The van der Waals surface area contributed by atoms with Crippen LogP contribution in [0.15, 0.2) is 60.7 Å². The fourth-order valence-corrected chi connectivity index (χ4v) is 4.92. The Balaban J connectivity index is 1.41. The molecule has 2 fully saturated rings. The molecule has 166 valence electrons. The van der Waals surface area contributed by atoms with Crippen molar-refractivity contribution in [1.29, 1.82) is 0 Å². The van der Waals surface area contributed by atoms with Gasteiger partial charge >= 0.3 is 0 Å². The van der Waals surface area contributed by atoms with Crippen LogP contribution in [0.4, 0.5) is 8.78 Å². The predicted molar refractivity (Wildman–Crippen MR) is 116 cm³/mol. The number of nitrogens with zero attached hydrogens (tertiary/aromatic N) is 1. The van der Waals surface area contributed by atoms with E-state index in [1.807, 2.05) is 18.2 Å². The van der Waals surface area contributed by atoms with Crippen LogP contribution in [-0.2, 0) is 16.9 Å².